The summed E-state index contributed by atoms with van der Waals surface area (Å²) in [6.07, 6.45) is 7.08. The van der Waals surface area contributed by atoms with Crippen molar-refractivity contribution in [1.82, 2.24) is 4.98 Å². The fourth-order valence-electron chi connectivity index (χ4n) is 2.10. The summed E-state index contributed by atoms with van der Waals surface area (Å²) < 4.78 is 0.638. The smallest absolute Gasteiger partial charge is 0.0571 e. The largest absolute Gasteiger partial charge is 0.396 e. The normalized spacial score (nSPS) is 19.1. The maximum Gasteiger partial charge on any atom is 0.0571 e. The standard InChI is InChI=1S/C13H19NOS2/c15-7-2-5-12(11-4-1-6-14-10-11)13-16-8-3-9-17-13/h1,4,6,10,12-13,15H,2-3,5,7-9H2. The van der Waals surface area contributed by atoms with Gasteiger partial charge in [-0.2, -0.15) is 0 Å². The Balaban J connectivity index is 2.06. The first-order valence-corrected chi connectivity index (χ1v) is 8.25. The molecule has 1 aliphatic rings. The molecule has 4 heteroatoms. The molecule has 0 aliphatic carbocycles. The monoisotopic (exact) mass is 269 g/mol. The number of pyridine rings is 1. The second kappa shape index (κ2) is 7.29. The summed E-state index contributed by atoms with van der Waals surface area (Å²) in [6, 6.07) is 4.18. The van der Waals surface area contributed by atoms with Crippen LogP contribution in [0.15, 0.2) is 24.5 Å². The molecule has 94 valence electrons. The maximum atomic E-state index is 9.03. The Labute approximate surface area is 112 Å². The summed E-state index contributed by atoms with van der Waals surface area (Å²) in [4.78, 5) is 4.23. The Morgan fingerprint density at radius 3 is 2.88 bits per heavy atom. The summed E-state index contributed by atoms with van der Waals surface area (Å²) in [7, 11) is 0. The zero-order valence-corrected chi connectivity index (χ0v) is 11.6. The molecule has 0 aromatic carbocycles. The molecule has 0 radical (unpaired) electrons. The van der Waals surface area contributed by atoms with Gasteiger partial charge in [-0.15, -0.1) is 23.5 Å². The van der Waals surface area contributed by atoms with Crippen molar-refractivity contribution in [1.29, 1.82) is 0 Å². The molecule has 0 amide bonds. The second-order valence-corrected chi connectivity index (χ2v) is 7.02. The molecule has 2 rings (SSSR count). The summed E-state index contributed by atoms with van der Waals surface area (Å²) >= 11 is 4.14. The van der Waals surface area contributed by atoms with E-state index in [1.165, 1.54) is 23.5 Å². The van der Waals surface area contributed by atoms with Crippen molar-refractivity contribution in [2.45, 2.75) is 29.8 Å². The van der Waals surface area contributed by atoms with E-state index < -0.39 is 0 Å². The Morgan fingerprint density at radius 1 is 1.41 bits per heavy atom. The lowest BCUT2D eigenvalue weighted by Gasteiger charge is -2.29. The number of rotatable bonds is 5. The van der Waals surface area contributed by atoms with E-state index in [0.717, 1.165) is 12.8 Å². The fraction of sp³-hybridized carbons (Fsp3) is 0.615. The highest BCUT2D eigenvalue weighted by atomic mass is 32.2. The average molecular weight is 269 g/mol. The predicted octanol–water partition coefficient (Wildman–Crippen LogP) is 3.13. The molecule has 1 atom stereocenters. The minimum atomic E-state index is 0.290. The van der Waals surface area contributed by atoms with Gasteiger partial charge in [0.2, 0.25) is 0 Å². The van der Waals surface area contributed by atoms with E-state index >= 15 is 0 Å². The van der Waals surface area contributed by atoms with Gasteiger partial charge in [0.05, 0.1) is 4.58 Å². The molecule has 1 aromatic heterocycles. The van der Waals surface area contributed by atoms with Crippen LogP contribution in [0.1, 0.15) is 30.7 Å². The highest BCUT2D eigenvalue weighted by molar-refractivity contribution is 8.17. The predicted molar refractivity (Wildman–Crippen MR) is 76.6 cm³/mol. The van der Waals surface area contributed by atoms with Crippen LogP contribution in [-0.2, 0) is 0 Å². The van der Waals surface area contributed by atoms with Gasteiger partial charge < -0.3 is 5.11 Å². The molecular formula is C13H19NOS2. The van der Waals surface area contributed by atoms with Crippen LogP contribution in [0.25, 0.3) is 0 Å². The molecule has 17 heavy (non-hydrogen) atoms. The lowest BCUT2D eigenvalue weighted by molar-refractivity contribution is 0.280. The van der Waals surface area contributed by atoms with Crippen molar-refractivity contribution >= 4 is 23.5 Å². The van der Waals surface area contributed by atoms with E-state index in [9.17, 15) is 0 Å². The Kier molecular flexibility index (Phi) is 5.68. The molecule has 1 saturated heterocycles. The number of hydrogen-bond donors (Lipinski definition) is 1. The summed E-state index contributed by atoms with van der Waals surface area (Å²) in [5, 5.41) is 9.03. The van der Waals surface area contributed by atoms with E-state index in [4.69, 9.17) is 5.11 Å². The number of aliphatic hydroxyl groups is 1. The number of aromatic nitrogens is 1. The number of thioether (sulfide) groups is 2. The Morgan fingerprint density at radius 2 is 2.24 bits per heavy atom. The van der Waals surface area contributed by atoms with E-state index in [0.29, 0.717) is 17.1 Å². The van der Waals surface area contributed by atoms with E-state index in [2.05, 4.69) is 34.6 Å². The molecule has 1 aromatic rings. The SMILES string of the molecule is OCCCC(c1cccnc1)C1SCCCS1. The maximum absolute atomic E-state index is 9.03. The Bertz CT molecular complexity index is 314. The molecule has 0 spiro atoms. The first-order chi connectivity index (χ1) is 8.42. The van der Waals surface area contributed by atoms with Crippen LogP contribution >= 0.6 is 23.5 Å². The van der Waals surface area contributed by atoms with Crippen LogP contribution in [0.5, 0.6) is 0 Å². The van der Waals surface area contributed by atoms with Crippen molar-refractivity contribution in [2.75, 3.05) is 18.1 Å². The summed E-state index contributed by atoms with van der Waals surface area (Å²) in [5.74, 6) is 3.08. The quantitative estimate of drug-likeness (QED) is 0.890. The minimum Gasteiger partial charge on any atom is -0.396 e. The topological polar surface area (TPSA) is 33.1 Å². The molecule has 2 nitrogen and oxygen atoms in total. The molecule has 1 fully saturated rings. The summed E-state index contributed by atoms with van der Waals surface area (Å²) in [5.41, 5.74) is 1.33. The lowest BCUT2D eigenvalue weighted by Crippen LogP contribution is -2.17. The van der Waals surface area contributed by atoms with Crippen LogP contribution < -0.4 is 0 Å². The molecule has 1 aliphatic heterocycles. The van der Waals surface area contributed by atoms with Crippen LogP contribution in [0.2, 0.25) is 0 Å². The van der Waals surface area contributed by atoms with E-state index in [1.807, 2.05) is 18.5 Å². The van der Waals surface area contributed by atoms with Gasteiger partial charge >= 0.3 is 0 Å². The fourth-order valence-corrected chi connectivity index (χ4v) is 5.39. The number of hydrogen-bond acceptors (Lipinski definition) is 4. The van der Waals surface area contributed by atoms with Crippen molar-refractivity contribution in [3.8, 4) is 0 Å². The van der Waals surface area contributed by atoms with Crippen LogP contribution in [-0.4, -0.2) is 32.8 Å². The van der Waals surface area contributed by atoms with Gasteiger partial charge in [0, 0.05) is 24.9 Å². The zero-order chi connectivity index (χ0) is 11.9. The van der Waals surface area contributed by atoms with Gasteiger partial charge in [0.25, 0.3) is 0 Å². The molecular weight excluding hydrogens is 250 g/mol. The van der Waals surface area contributed by atoms with Gasteiger partial charge in [0.15, 0.2) is 0 Å². The summed E-state index contributed by atoms with van der Waals surface area (Å²) in [6.45, 7) is 0.290. The van der Waals surface area contributed by atoms with E-state index in [-0.39, 0.29) is 0 Å². The highest BCUT2D eigenvalue weighted by Crippen LogP contribution is 2.42. The third-order valence-electron chi connectivity index (χ3n) is 2.97. The first kappa shape index (κ1) is 13.2. The van der Waals surface area contributed by atoms with Gasteiger partial charge in [-0.25, -0.2) is 0 Å². The van der Waals surface area contributed by atoms with Gasteiger partial charge in [-0.1, -0.05) is 6.07 Å². The van der Waals surface area contributed by atoms with Crippen LogP contribution in [0.3, 0.4) is 0 Å². The molecule has 2 heterocycles. The van der Waals surface area contributed by atoms with Gasteiger partial charge in [-0.3, -0.25) is 4.98 Å². The van der Waals surface area contributed by atoms with Crippen molar-refractivity contribution < 1.29 is 5.11 Å². The zero-order valence-electron chi connectivity index (χ0n) is 9.92. The number of aliphatic hydroxyl groups excluding tert-OH is 1. The molecule has 1 N–H and O–H groups in total. The molecule has 0 saturated carbocycles. The third kappa shape index (κ3) is 3.90. The van der Waals surface area contributed by atoms with Gasteiger partial charge in [0.1, 0.15) is 0 Å². The lowest BCUT2D eigenvalue weighted by atomic mass is 9.97. The van der Waals surface area contributed by atoms with Crippen LogP contribution in [0.4, 0.5) is 0 Å². The van der Waals surface area contributed by atoms with Crippen molar-refractivity contribution in [3.05, 3.63) is 30.1 Å². The van der Waals surface area contributed by atoms with E-state index in [1.54, 1.807) is 0 Å². The molecule has 1 unspecified atom stereocenters. The first-order valence-electron chi connectivity index (χ1n) is 6.16. The second-order valence-electron chi connectivity index (χ2n) is 4.22. The number of nitrogens with zero attached hydrogens (tertiary/aromatic N) is 1. The van der Waals surface area contributed by atoms with Crippen molar-refractivity contribution in [3.63, 3.8) is 0 Å². The Hall–Kier alpha value is -0.190. The van der Waals surface area contributed by atoms with Gasteiger partial charge in [-0.05, 0) is 42.4 Å². The minimum absolute atomic E-state index is 0.290. The van der Waals surface area contributed by atoms with Crippen LogP contribution in [0, 0.1) is 0 Å². The van der Waals surface area contributed by atoms with Crippen molar-refractivity contribution in [2.24, 2.45) is 0 Å². The average Bonchev–Trinajstić information content (AvgIpc) is 2.42. The third-order valence-corrected chi connectivity index (χ3v) is 6.15. The molecule has 0 bridgehead atoms. The highest BCUT2D eigenvalue weighted by Gasteiger charge is 2.25.